The van der Waals surface area contributed by atoms with E-state index in [0.717, 1.165) is 17.1 Å². The Balaban J connectivity index is 1.01. The summed E-state index contributed by atoms with van der Waals surface area (Å²) in [6.07, 6.45) is 0. The maximum Gasteiger partial charge on any atom is 0.0726 e. The smallest absolute Gasteiger partial charge is 0.0726 e. The highest BCUT2D eigenvalue weighted by molar-refractivity contribution is 5.96. The summed E-state index contributed by atoms with van der Waals surface area (Å²) in [7, 11) is 2.22. The maximum atomic E-state index is 2.47. The highest BCUT2D eigenvalue weighted by atomic mass is 15.1. The van der Waals surface area contributed by atoms with Crippen molar-refractivity contribution in [1.29, 1.82) is 0 Å². The summed E-state index contributed by atoms with van der Waals surface area (Å²) in [5.74, 6) is 0. The number of benzene rings is 8. The van der Waals surface area contributed by atoms with Crippen LogP contribution in [0.5, 0.6) is 0 Å². The molecule has 3 aliphatic rings. The fourth-order valence-corrected chi connectivity index (χ4v) is 10.1. The Morgan fingerprint density at radius 3 is 1.13 bits per heavy atom. The van der Waals surface area contributed by atoms with Gasteiger partial charge in [-0.2, -0.15) is 0 Å². The van der Waals surface area contributed by atoms with Gasteiger partial charge in [0.25, 0.3) is 0 Å². The van der Waals surface area contributed by atoms with E-state index in [1.807, 2.05) is 0 Å². The molecule has 11 rings (SSSR count). The van der Waals surface area contributed by atoms with Gasteiger partial charge < -0.3 is 9.80 Å². The first-order chi connectivity index (χ1) is 27.0. The molecule has 262 valence electrons. The van der Waals surface area contributed by atoms with E-state index in [-0.39, 0.29) is 10.8 Å². The van der Waals surface area contributed by atoms with E-state index in [1.165, 1.54) is 78.1 Å². The number of para-hydroxylation sites is 2. The van der Waals surface area contributed by atoms with Gasteiger partial charge in [0.2, 0.25) is 0 Å². The molecule has 0 radical (unpaired) electrons. The SMILES string of the molecule is CN(c1ccc2c(c1)C(C)(C)c1cc(N(c3ccccc3)c3ccccc3)ccc1-2)c1ccc2c(c1)C1(c3ccccc3-c3ccccc31)c1ccccc1-2. The fourth-order valence-electron chi connectivity index (χ4n) is 10.1. The van der Waals surface area contributed by atoms with Gasteiger partial charge in [-0.1, -0.05) is 141 Å². The van der Waals surface area contributed by atoms with E-state index in [1.54, 1.807) is 0 Å². The zero-order valence-corrected chi connectivity index (χ0v) is 31.3. The van der Waals surface area contributed by atoms with E-state index in [4.69, 9.17) is 0 Å². The van der Waals surface area contributed by atoms with Crippen LogP contribution in [0, 0.1) is 0 Å². The summed E-state index contributed by atoms with van der Waals surface area (Å²) < 4.78 is 0. The summed E-state index contributed by atoms with van der Waals surface area (Å²) in [5, 5.41) is 0. The Kier molecular flexibility index (Phi) is 6.76. The number of rotatable bonds is 5. The second kappa shape index (κ2) is 11.7. The molecule has 0 unspecified atom stereocenters. The quantitative estimate of drug-likeness (QED) is 0.176. The third-order valence-corrected chi connectivity index (χ3v) is 12.7. The molecule has 0 atom stereocenters. The van der Waals surface area contributed by atoms with E-state index in [0.29, 0.717) is 0 Å². The molecule has 2 nitrogen and oxygen atoms in total. The predicted octanol–water partition coefficient (Wildman–Crippen LogP) is 13.6. The largest absolute Gasteiger partial charge is 0.345 e. The number of fused-ring (bicyclic) bond motifs is 13. The summed E-state index contributed by atoms with van der Waals surface area (Å²) in [4.78, 5) is 4.74. The molecule has 1 spiro atoms. The number of anilines is 5. The van der Waals surface area contributed by atoms with Crippen LogP contribution < -0.4 is 9.80 Å². The molecule has 8 aromatic carbocycles. The van der Waals surface area contributed by atoms with Crippen molar-refractivity contribution in [1.82, 2.24) is 0 Å². The lowest BCUT2D eigenvalue weighted by Crippen LogP contribution is -2.26. The lowest BCUT2D eigenvalue weighted by Gasteiger charge is -2.31. The van der Waals surface area contributed by atoms with Crippen molar-refractivity contribution < 1.29 is 0 Å². The average molecular weight is 705 g/mol. The molecule has 0 aromatic heterocycles. The molecule has 0 amide bonds. The van der Waals surface area contributed by atoms with Crippen LogP contribution in [0.25, 0.3) is 33.4 Å². The maximum absolute atomic E-state index is 2.47. The van der Waals surface area contributed by atoms with Crippen LogP contribution in [0.15, 0.2) is 188 Å². The van der Waals surface area contributed by atoms with Crippen molar-refractivity contribution >= 4 is 28.4 Å². The highest BCUT2D eigenvalue weighted by Crippen LogP contribution is 2.63. The molecular weight excluding hydrogens is 665 g/mol. The summed E-state index contributed by atoms with van der Waals surface area (Å²) in [6.45, 7) is 4.76. The van der Waals surface area contributed by atoms with Gasteiger partial charge in [0.15, 0.2) is 0 Å². The summed E-state index contributed by atoms with van der Waals surface area (Å²) >= 11 is 0. The van der Waals surface area contributed by atoms with Crippen LogP contribution in [0.3, 0.4) is 0 Å². The van der Waals surface area contributed by atoms with Crippen molar-refractivity contribution in [3.8, 4) is 33.4 Å². The van der Waals surface area contributed by atoms with Crippen molar-refractivity contribution in [3.05, 3.63) is 221 Å². The Hall–Kier alpha value is -6.64. The molecule has 3 aliphatic carbocycles. The second-order valence-corrected chi connectivity index (χ2v) is 15.8. The Morgan fingerprint density at radius 1 is 0.309 bits per heavy atom. The van der Waals surface area contributed by atoms with Gasteiger partial charge in [-0.25, -0.2) is 0 Å². The monoisotopic (exact) mass is 704 g/mol. The minimum atomic E-state index is -0.359. The lowest BCUT2D eigenvalue weighted by molar-refractivity contribution is 0.660. The average Bonchev–Trinajstić information content (AvgIpc) is 3.79. The molecule has 2 heteroatoms. The molecule has 0 saturated carbocycles. The third-order valence-electron chi connectivity index (χ3n) is 12.7. The van der Waals surface area contributed by atoms with E-state index in [9.17, 15) is 0 Å². The van der Waals surface area contributed by atoms with Crippen molar-refractivity contribution in [2.75, 3.05) is 16.8 Å². The number of nitrogens with zero attached hydrogens (tertiary/aromatic N) is 2. The molecule has 0 N–H and O–H groups in total. The fraction of sp³-hybridized carbons (Fsp3) is 0.0943. The third kappa shape index (κ3) is 4.37. The van der Waals surface area contributed by atoms with Crippen LogP contribution in [-0.2, 0) is 10.8 Å². The minimum absolute atomic E-state index is 0.183. The van der Waals surface area contributed by atoms with E-state index in [2.05, 4.69) is 219 Å². The molecule has 0 heterocycles. The zero-order valence-electron chi connectivity index (χ0n) is 31.3. The normalized spacial score (nSPS) is 14.4. The molecule has 0 saturated heterocycles. The summed E-state index contributed by atoms with van der Waals surface area (Å²) in [6, 6.07) is 69.7. The van der Waals surface area contributed by atoms with Crippen LogP contribution in [0.2, 0.25) is 0 Å². The molecule has 8 aromatic rings. The van der Waals surface area contributed by atoms with Gasteiger partial charge in [0.05, 0.1) is 5.41 Å². The lowest BCUT2D eigenvalue weighted by atomic mass is 9.70. The van der Waals surface area contributed by atoms with Gasteiger partial charge in [-0.05, 0) is 127 Å². The molecule has 0 aliphatic heterocycles. The number of hydrogen-bond donors (Lipinski definition) is 0. The Labute approximate surface area is 323 Å². The van der Waals surface area contributed by atoms with Crippen molar-refractivity contribution in [2.45, 2.75) is 24.7 Å². The standard InChI is InChI=1S/C53H40N2/c1-52(2)49-32-37(26-29-43(49)44-31-28-39(34-50(44)52)55(35-16-6-4-7-17-35)36-18-8-5-9-19-36)54(3)38-27-30-45-42-22-12-15-25-48(42)53(51(45)33-38)46-23-13-10-20-40(46)41-21-11-14-24-47(41)53/h4-34H,1-3H3. The zero-order chi connectivity index (χ0) is 36.9. The van der Waals surface area contributed by atoms with Crippen molar-refractivity contribution in [3.63, 3.8) is 0 Å². The van der Waals surface area contributed by atoms with Crippen LogP contribution in [-0.4, -0.2) is 7.05 Å². The molecule has 55 heavy (non-hydrogen) atoms. The molecule has 0 bridgehead atoms. The number of hydrogen-bond acceptors (Lipinski definition) is 2. The molecular formula is C53H40N2. The van der Waals surface area contributed by atoms with E-state index < -0.39 is 0 Å². The first-order valence-corrected chi connectivity index (χ1v) is 19.3. The van der Waals surface area contributed by atoms with Crippen molar-refractivity contribution in [2.24, 2.45) is 0 Å². The first kappa shape index (κ1) is 31.8. The summed E-state index contributed by atoms with van der Waals surface area (Å²) in [5.41, 5.74) is 21.4. The van der Waals surface area contributed by atoms with Gasteiger partial charge in [-0.15, -0.1) is 0 Å². The Morgan fingerprint density at radius 2 is 0.655 bits per heavy atom. The molecule has 0 fully saturated rings. The Bertz CT molecular complexity index is 2710. The van der Waals surface area contributed by atoms with Crippen LogP contribution in [0.4, 0.5) is 28.4 Å². The van der Waals surface area contributed by atoms with Gasteiger partial charge >= 0.3 is 0 Å². The van der Waals surface area contributed by atoms with Crippen LogP contribution in [0.1, 0.15) is 47.2 Å². The topological polar surface area (TPSA) is 6.48 Å². The second-order valence-electron chi connectivity index (χ2n) is 15.8. The predicted molar refractivity (Wildman–Crippen MR) is 229 cm³/mol. The van der Waals surface area contributed by atoms with Gasteiger partial charge in [0.1, 0.15) is 0 Å². The van der Waals surface area contributed by atoms with E-state index >= 15 is 0 Å². The minimum Gasteiger partial charge on any atom is -0.345 e. The van der Waals surface area contributed by atoms with Crippen LogP contribution >= 0.6 is 0 Å². The first-order valence-electron chi connectivity index (χ1n) is 19.3. The van der Waals surface area contributed by atoms with Gasteiger partial charge in [-0.3, -0.25) is 0 Å². The van der Waals surface area contributed by atoms with Gasteiger partial charge in [0, 0.05) is 40.9 Å². The highest BCUT2D eigenvalue weighted by Gasteiger charge is 2.51.